The monoisotopic (exact) mass is 476 g/mol. The molecule has 0 bridgehead atoms. The molecule has 9 nitrogen and oxygen atoms in total. The summed E-state index contributed by atoms with van der Waals surface area (Å²) in [5.41, 5.74) is 3.58. The summed E-state index contributed by atoms with van der Waals surface area (Å²) in [4.78, 5) is 37.3. The van der Waals surface area contributed by atoms with Gasteiger partial charge in [0, 0.05) is 19.2 Å². The summed E-state index contributed by atoms with van der Waals surface area (Å²) in [6, 6.07) is 15.0. The van der Waals surface area contributed by atoms with Crippen LogP contribution in [-0.2, 0) is 16.6 Å². The molecule has 0 fully saturated rings. The molecule has 1 atom stereocenters. The minimum Gasteiger partial charge on any atom is -0.477 e. The minimum atomic E-state index is -1.22. The highest BCUT2D eigenvalue weighted by Crippen LogP contribution is 2.44. The van der Waals surface area contributed by atoms with Gasteiger partial charge in [-0.3, -0.25) is 9.48 Å². The molecule has 0 saturated carbocycles. The summed E-state index contributed by atoms with van der Waals surface area (Å²) in [6.45, 7) is 5.48. The lowest BCUT2D eigenvalue weighted by molar-refractivity contribution is -0.120. The predicted octanol–water partition coefficient (Wildman–Crippen LogP) is 4.01. The van der Waals surface area contributed by atoms with E-state index in [2.05, 4.69) is 27.9 Å². The lowest BCUT2D eigenvalue weighted by Crippen LogP contribution is -2.51. The van der Waals surface area contributed by atoms with Crippen LogP contribution in [0.4, 0.5) is 10.6 Å². The van der Waals surface area contributed by atoms with Gasteiger partial charge in [-0.05, 0) is 27.7 Å². The molecular weight excluding hydrogens is 448 g/mol. The summed E-state index contributed by atoms with van der Waals surface area (Å²) in [6.07, 6.45) is 0.560. The molecule has 0 saturated heterocycles. The molecule has 0 aliphatic heterocycles. The van der Waals surface area contributed by atoms with E-state index in [4.69, 9.17) is 4.74 Å². The number of nitrogens with zero attached hydrogens (tertiary/aromatic N) is 2. The van der Waals surface area contributed by atoms with Crippen molar-refractivity contribution < 1.29 is 24.2 Å². The normalized spacial score (nSPS) is 13.5. The number of anilines is 1. The number of aryl methyl sites for hydroxylation is 1. The zero-order valence-electron chi connectivity index (χ0n) is 20.0. The molecule has 35 heavy (non-hydrogen) atoms. The van der Waals surface area contributed by atoms with E-state index in [1.165, 1.54) is 10.9 Å². The number of nitrogens with one attached hydrogen (secondary N) is 2. The Labute approximate surface area is 203 Å². The number of rotatable bonds is 6. The van der Waals surface area contributed by atoms with Crippen molar-refractivity contribution in [3.8, 4) is 11.1 Å². The highest BCUT2D eigenvalue weighted by molar-refractivity contribution is 6.02. The van der Waals surface area contributed by atoms with E-state index in [-0.39, 0.29) is 23.9 Å². The second-order valence-electron chi connectivity index (χ2n) is 9.63. The van der Waals surface area contributed by atoms with Crippen molar-refractivity contribution in [3.05, 3.63) is 71.4 Å². The number of carbonyl (C=O) groups excluding carboxylic acids is 2. The lowest BCUT2D eigenvalue weighted by Gasteiger charge is -2.30. The van der Waals surface area contributed by atoms with Crippen LogP contribution in [0.3, 0.4) is 0 Å². The zero-order chi connectivity index (χ0) is 25.3. The van der Waals surface area contributed by atoms with Gasteiger partial charge in [-0.2, -0.15) is 5.10 Å². The van der Waals surface area contributed by atoms with Gasteiger partial charge in [0.05, 0.1) is 0 Å². The van der Waals surface area contributed by atoms with E-state index in [0.717, 1.165) is 22.3 Å². The molecule has 3 aromatic rings. The van der Waals surface area contributed by atoms with Crippen LogP contribution < -0.4 is 10.6 Å². The molecule has 1 aliphatic rings. The first-order valence-corrected chi connectivity index (χ1v) is 11.3. The molecule has 0 radical (unpaired) electrons. The Bertz CT molecular complexity index is 1250. The number of carboxylic acids is 1. The van der Waals surface area contributed by atoms with Gasteiger partial charge in [-0.25, -0.2) is 9.59 Å². The van der Waals surface area contributed by atoms with Crippen molar-refractivity contribution in [1.29, 1.82) is 0 Å². The van der Waals surface area contributed by atoms with Crippen LogP contribution in [0, 0.1) is 5.41 Å². The average Bonchev–Trinajstić information content (AvgIpc) is 3.32. The molecule has 1 aromatic heterocycles. The lowest BCUT2D eigenvalue weighted by atomic mass is 9.86. The highest BCUT2D eigenvalue weighted by Gasteiger charge is 2.35. The van der Waals surface area contributed by atoms with Gasteiger partial charge in [0.15, 0.2) is 5.82 Å². The Hall–Kier alpha value is -4.14. The van der Waals surface area contributed by atoms with Crippen molar-refractivity contribution in [2.24, 2.45) is 12.5 Å². The van der Waals surface area contributed by atoms with Crippen molar-refractivity contribution >= 4 is 23.8 Å². The first-order valence-electron chi connectivity index (χ1n) is 11.3. The molecule has 2 aromatic carbocycles. The summed E-state index contributed by atoms with van der Waals surface area (Å²) in [5, 5.41) is 18.5. The van der Waals surface area contributed by atoms with Crippen LogP contribution in [0.2, 0.25) is 0 Å². The number of carboxylic acid groups (broad SMARTS) is 1. The van der Waals surface area contributed by atoms with Crippen molar-refractivity contribution in [2.75, 3.05) is 11.9 Å². The number of aromatic carboxylic acids is 1. The third kappa shape index (κ3) is 4.89. The zero-order valence-corrected chi connectivity index (χ0v) is 20.0. The van der Waals surface area contributed by atoms with Gasteiger partial charge in [0.1, 0.15) is 18.2 Å². The average molecular weight is 477 g/mol. The Morgan fingerprint density at radius 2 is 1.63 bits per heavy atom. The van der Waals surface area contributed by atoms with Gasteiger partial charge in [-0.1, -0.05) is 69.3 Å². The maximum Gasteiger partial charge on any atom is 0.407 e. The standard InChI is InChI=1S/C26H28N4O5/c1-26(2,3)21(23(31)28-22-19(24(32)33)13-30(4)29-22)27-25(34)35-14-20-17-11-7-5-9-15(17)16-10-6-8-12-18(16)20/h5-13,20-21H,14H2,1-4H3,(H,27,34)(H,32,33)(H,28,29,31). The second-order valence-corrected chi connectivity index (χ2v) is 9.63. The first-order chi connectivity index (χ1) is 16.6. The molecular formula is C26H28N4O5. The van der Waals surface area contributed by atoms with E-state index in [1.54, 1.807) is 27.8 Å². The van der Waals surface area contributed by atoms with Crippen LogP contribution >= 0.6 is 0 Å². The molecule has 0 spiro atoms. The number of hydrogen-bond acceptors (Lipinski definition) is 5. The van der Waals surface area contributed by atoms with Crippen LogP contribution in [-0.4, -0.2) is 45.5 Å². The molecule has 1 aliphatic carbocycles. The van der Waals surface area contributed by atoms with Crippen molar-refractivity contribution in [1.82, 2.24) is 15.1 Å². The molecule has 1 unspecified atom stereocenters. The Morgan fingerprint density at radius 3 is 2.17 bits per heavy atom. The molecule has 9 heteroatoms. The summed E-state index contributed by atoms with van der Waals surface area (Å²) < 4.78 is 6.88. The van der Waals surface area contributed by atoms with Crippen LogP contribution in [0.25, 0.3) is 11.1 Å². The van der Waals surface area contributed by atoms with Gasteiger partial charge < -0.3 is 20.5 Å². The molecule has 2 amide bonds. The SMILES string of the molecule is Cn1cc(C(=O)O)c(NC(=O)C(NC(=O)OCC2c3ccccc3-c3ccccc32)C(C)(C)C)n1. The largest absolute Gasteiger partial charge is 0.477 e. The maximum atomic E-state index is 13.0. The third-order valence-corrected chi connectivity index (χ3v) is 6.03. The van der Waals surface area contributed by atoms with E-state index in [1.807, 2.05) is 36.4 Å². The smallest absolute Gasteiger partial charge is 0.407 e. The molecule has 3 N–H and O–H groups in total. The number of amides is 2. The topological polar surface area (TPSA) is 123 Å². The van der Waals surface area contributed by atoms with Gasteiger partial charge >= 0.3 is 12.1 Å². The second kappa shape index (κ2) is 9.25. The molecule has 182 valence electrons. The number of hydrogen-bond donors (Lipinski definition) is 3. The van der Waals surface area contributed by atoms with Gasteiger partial charge in [-0.15, -0.1) is 0 Å². The summed E-state index contributed by atoms with van der Waals surface area (Å²) >= 11 is 0. The number of aromatic nitrogens is 2. The molecule has 1 heterocycles. The fourth-order valence-electron chi connectivity index (χ4n) is 4.36. The summed E-state index contributed by atoms with van der Waals surface area (Å²) in [7, 11) is 1.55. The Balaban J connectivity index is 1.47. The quantitative estimate of drug-likeness (QED) is 0.494. The number of carbonyl (C=O) groups is 3. The van der Waals surface area contributed by atoms with E-state index < -0.39 is 29.4 Å². The predicted molar refractivity (Wildman–Crippen MR) is 130 cm³/mol. The van der Waals surface area contributed by atoms with Crippen LogP contribution in [0.1, 0.15) is 48.2 Å². The van der Waals surface area contributed by atoms with E-state index in [9.17, 15) is 19.5 Å². The molecule has 4 rings (SSSR count). The number of benzene rings is 2. The summed E-state index contributed by atoms with van der Waals surface area (Å²) in [5.74, 6) is -2.01. The van der Waals surface area contributed by atoms with Crippen molar-refractivity contribution in [2.45, 2.75) is 32.7 Å². The van der Waals surface area contributed by atoms with Gasteiger partial charge in [0.2, 0.25) is 5.91 Å². The number of fused-ring (bicyclic) bond motifs is 3. The van der Waals surface area contributed by atoms with Crippen LogP contribution in [0.15, 0.2) is 54.7 Å². The highest BCUT2D eigenvalue weighted by atomic mass is 16.5. The number of ether oxygens (including phenoxy) is 1. The Morgan fingerprint density at radius 1 is 1.06 bits per heavy atom. The van der Waals surface area contributed by atoms with Crippen molar-refractivity contribution in [3.63, 3.8) is 0 Å². The van der Waals surface area contributed by atoms with Gasteiger partial charge in [0.25, 0.3) is 0 Å². The maximum absolute atomic E-state index is 13.0. The first kappa shape index (κ1) is 24.0. The van der Waals surface area contributed by atoms with E-state index >= 15 is 0 Å². The fraction of sp³-hybridized carbons (Fsp3) is 0.308. The Kier molecular flexibility index (Phi) is 6.34. The number of alkyl carbamates (subject to hydrolysis) is 1. The fourth-order valence-corrected chi connectivity index (χ4v) is 4.36. The van der Waals surface area contributed by atoms with E-state index in [0.29, 0.717) is 0 Å². The minimum absolute atomic E-state index is 0.0893. The third-order valence-electron chi connectivity index (χ3n) is 6.03. The van der Waals surface area contributed by atoms with Crippen LogP contribution in [0.5, 0.6) is 0 Å².